The monoisotopic (exact) mass is 341 g/mol. The van der Waals surface area contributed by atoms with Gasteiger partial charge < -0.3 is 15.2 Å². The Bertz CT molecular complexity index is 904. The van der Waals surface area contributed by atoms with E-state index in [9.17, 15) is 9.59 Å². The van der Waals surface area contributed by atoms with Gasteiger partial charge in [0.2, 0.25) is 5.91 Å². The van der Waals surface area contributed by atoms with Crippen molar-refractivity contribution in [3.05, 3.63) is 65.3 Å². The summed E-state index contributed by atoms with van der Waals surface area (Å²) in [4.78, 5) is 29.2. The number of likely N-dealkylation sites (N-methyl/N-ethyl adjacent to an activating group) is 1. The number of rotatable bonds is 4. The van der Waals surface area contributed by atoms with E-state index in [1.165, 1.54) is 4.90 Å². The van der Waals surface area contributed by atoms with Gasteiger partial charge in [-0.25, -0.2) is 0 Å². The number of aromatic amines is 1. The van der Waals surface area contributed by atoms with Crippen molar-refractivity contribution in [3.8, 4) is 0 Å². The number of halogens is 1. The van der Waals surface area contributed by atoms with E-state index >= 15 is 0 Å². The molecule has 0 spiro atoms. The third kappa shape index (κ3) is 3.26. The topological polar surface area (TPSA) is 65.2 Å². The van der Waals surface area contributed by atoms with Crippen molar-refractivity contribution < 1.29 is 9.59 Å². The fourth-order valence-corrected chi connectivity index (χ4v) is 2.68. The van der Waals surface area contributed by atoms with Crippen LogP contribution >= 0.6 is 11.6 Å². The zero-order chi connectivity index (χ0) is 17.1. The summed E-state index contributed by atoms with van der Waals surface area (Å²) < 4.78 is 0. The van der Waals surface area contributed by atoms with Gasteiger partial charge in [0.25, 0.3) is 5.91 Å². The first-order valence-electron chi connectivity index (χ1n) is 7.42. The Hall–Kier alpha value is -2.79. The van der Waals surface area contributed by atoms with Crippen LogP contribution in [-0.4, -0.2) is 35.3 Å². The normalized spacial score (nSPS) is 10.6. The molecule has 3 rings (SSSR count). The predicted molar refractivity (Wildman–Crippen MR) is 95.3 cm³/mol. The van der Waals surface area contributed by atoms with Crippen LogP contribution in [0.1, 0.15) is 10.4 Å². The Kier molecular flexibility index (Phi) is 4.53. The average molecular weight is 342 g/mol. The third-order valence-electron chi connectivity index (χ3n) is 3.70. The number of carbonyl (C=O) groups is 2. The molecule has 0 aliphatic carbocycles. The van der Waals surface area contributed by atoms with Crippen LogP contribution < -0.4 is 5.32 Å². The lowest BCUT2D eigenvalue weighted by atomic mass is 10.1. The number of hydrogen-bond acceptors (Lipinski definition) is 2. The van der Waals surface area contributed by atoms with E-state index in [-0.39, 0.29) is 18.4 Å². The van der Waals surface area contributed by atoms with Gasteiger partial charge >= 0.3 is 0 Å². The van der Waals surface area contributed by atoms with E-state index in [0.717, 1.165) is 10.9 Å². The fourth-order valence-electron chi connectivity index (χ4n) is 2.49. The van der Waals surface area contributed by atoms with Gasteiger partial charge in [0, 0.05) is 24.1 Å². The first-order chi connectivity index (χ1) is 11.6. The summed E-state index contributed by atoms with van der Waals surface area (Å²) in [6.45, 7) is -0.0659. The van der Waals surface area contributed by atoms with Gasteiger partial charge in [-0.1, -0.05) is 41.9 Å². The van der Waals surface area contributed by atoms with Gasteiger partial charge in [0.1, 0.15) is 0 Å². The molecule has 2 N–H and O–H groups in total. The summed E-state index contributed by atoms with van der Waals surface area (Å²) in [5.41, 5.74) is 1.95. The number of carbonyl (C=O) groups excluding carboxylic acids is 2. The molecule has 6 heteroatoms. The maximum Gasteiger partial charge on any atom is 0.256 e. The first-order valence-corrected chi connectivity index (χ1v) is 7.80. The number of amides is 2. The second-order valence-electron chi connectivity index (χ2n) is 5.44. The van der Waals surface area contributed by atoms with Crippen LogP contribution in [0.25, 0.3) is 10.9 Å². The summed E-state index contributed by atoms with van der Waals surface area (Å²) in [7, 11) is 1.59. The van der Waals surface area contributed by atoms with Crippen molar-refractivity contribution in [1.82, 2.24) is 9.88 Å². The Labute approximate surface area is 144 Å². The number of aromatic nitrogens is 1. The zero-order valence-corrected chi connectivity index (χ0v) is 13.8. The maximum atomic E-state index is 12.6. The number of hydrogen-bond donors (Lipinski definition) is 2. The Balaban J connectivity index is 1.70. The molecule has 122 valence electrons. The summed E-state index contributed by atoms with van der Waals surface area (Å²) >= 11 is 6.01. The highest BCUT2D eigenvalue weighted by atomic mass is 35.5. The molecule has 0 unspecified atom stereocenters. The average Bonchev–Trinajstić information content (AvgIpc) is 3.00. The van der Waals surface area contributed by atoms with E-state index in [1.54, 1.807) is 37.5 Å². The van der Waals surface area contributed by atoms with Crippen LogP contribution in [0.4, 0.5) is 5.69 Å². The highest BCUT2D eigenvalue weighted by Crippen LogP contribution is 2.21. The molecular formula is C18H16ClN3O2. The van der Waals surface area contributed by atoms with Crippen molar-refractivity contribution >= 4 is 40.0 Å². The molecule has 24 heavy (non-hydrogen) atoms. The Morgan fingerprint density at radius 2 is 1.83 bits per heavy atom. The molecule has 1 aromatic heterocycles. The number of nitrogens with zero attached hydrogens (tertiary/aromatic N) is 1. The second-order valence-corrected chi connectivity index (χ2v) is 5.84. The second kappa shape index (κ2) is 6.76. The Morgan fingerprint density at radius 3 is 2.62 bits per heavy atom. The number of para-hydroxylation sites is 2. The molecule has 0 aliphatic rings. The quantitative estimate of drug-likeness (QED) is 0.762. The van der Waals surface area contributed by atoms with E-state index in [0.29, 0.717) is 16.3 Å². The van der Waals surface area contributed by atoms with Crippen molar-refractivity contribution in [2.45, 2.75) is 0 Å². The third-order valence-corrected chi connectivity index (χ3v) is 4.02. The minimum Gasteiger partial charge on any atom is -0.360 e. The highest BCUT2D eigenvalue weighted by molar-refractivity contribution is 6.33. The molecule has 5 nitrogen and oxygen atoms in total. The van der Waals surface area contributed by atoms with Crippen LogP contribution in [-0.2, 0) is 4.79 Å². The zero-order valence-electron chi connectivity index (χ0n) is 13.0. The molecule has 2 aromatic carbocycles. The summed E-state index contributed by atoms with van der Waals surface area (Å²) in [6.07, 6.45) is 1.66. The summed E-state index contributed by atoms with van der Waals surface area (Å²) in [6, 6.07) is 14.5. The molecule has 0 atom stereocenters. The lowest BCUT2D eigenvalue weighted by Crippen LogP contribution is -2.34. The summed E-state index contributed by atoms with van der Waals surface area (Å²) in [5, 5.41) is 4.00. The minimum absolute atomic E-state index is 0.0659. The standard InChI is InChI=1S/C18H16ClN3O2/c1-22(11-17(23)21-16-9-5-3-7-14(16)19)18(24)13-10-20-15-8-4-2-6-12(13)15/h2-10,20H,11H2,1H3,(H,21,23). The van der Waals surface area contributed by atoms with E-state index in [4.69, 9.17) is 11.6 Å². The van der Waals surface area contributed by atoms with Crippen molar-refractivity contribution in [2.24, 2.45) is 0 Å². The number of fused-ring (bicyclic) bond motifs is 1. The van der Waals surface area contributed by atoms with Gasteiger partial charge in [-0.15, -0.1) is 0 Å². The van der Waals surface area contributed by atoms with Gasteiger partial charge in [-0.05, 0) is 18.2 Å². The molecule has 2 amide bonds. The molecule has 3 aromatic rings. The molecule has 0 radical (unpaired) electrons. The minimum atomic E-state index is -0.307. The SMILES string of the molecule is CN(CC(=O)Nc1ccccc1Cl)C(=O)c1c[nH]c2ccccc12. The van der Waals surface area contributed by atoms with Crippen molar-refractivity contribution in [1.29, 1.82) is 0 Å². The molecule has 0 bridgehead atoms. The predicted octanol–water partition coefficient (Wildman–Crippen LogP) is 3.53. The van der Waals surface area contributed by atoms with Crippen molar-refractivity contribution in [3.63, 3.8) is 0 Å². The number of nitrogens with one attached hydrogen (secondary N) is 2. The van der Waals surface area contributed by atoms with Gasteiger partial charge in [-0.3, -0.25) is 9.59 Å². The number of benzene rings is 2. The molecule has 0 saturated heterocycles. The maximum absolute atomic E-state index is 12.6. The van der Waals surface area contributed by atoms with Gasteiger partial charge in [0.15, 0.2) is 0 Å². The fraction of sp³-hybridized carbons (Fsp3) is 0.111. The van der Waals surface area contributed by atoms with Crippen LogP contribution in [0.2, 0.25) is 5.02 Å². The van der Waals surface area contributed by atoms with Crippen LogP contribution in [0, 0.1) is 0 Å². The van der Waals surface area contributed by atoms with E-state index in [1.807, 2.05) is 24.3 Å². The number of H-pyrrole nitrogens is 1. The van der Waals surface area contributed by atoms with Gasteiger partial charge in [0.05, 0.1) is 22.8 Å². The number of anilines is 1. The highest BCUT2D eigenvalue weighted by Gasteiger charge is 2.18. The largest absolute Gasteiger partial charge is 0.360 e. The van der Waals surface area contributed by atoms with Crippen LogP contribution in [0.15, 0.2) is 54.7 Å². The van der Waals surface area contributed by atoms with E-state index < -0.39 is 0 Å². The molecular weight excluding hydrogens is 326 g/mol. The van der Waals surface area contributed by atoms with E-state index in [2.05, 4.69) is 10.3 Å². The molecule has 1 heterocycles. The van der Waals surface area contributed by atoms with Crippen LogP contribution in [0.5, 0.6) is 0 Å². The first kappa shape index (κ1) is 16.1. The van der Waals surface area contributed by atoms with Gasteiger partial charge in [-0.2, -0.15) is 0 Å². The smallest absolute Gasteiger partial charge is 0.256 e. The lowest BCUT2D eigenvalue weighted by molar-refractivity contribution is -0.116. The molecule has 0 saturated carbocycles. The molecule has 0 fully saturated rings. The van der Waals surface area contributed by atoms with Crippen LogP contribution in [0.3, 0.4) is 0 Å². The Morgan fingerprint density at radius 1 is 1.12 bits per heavy atom. The molecule has 0 aliphatic heterocycles. The lowest BCUT2D eigenvalue weighted by Gasteiger charge is -2.16. The van der Waals surface area contributed by atoms with Crippen molar-refractivity contribution in [2.75, 3.05) is 18.9 Å². The summed E-state index contributed by atoms with van der Waals surface area (Å²) in [5.74, 6) is -0.527.